The van der Waals surface area contributed by atoms with E-state index in [1.165, 1.54) is 22.3 Å². The summed E-state index contributed by atoms with van der Waals surface area (Å²) >= 11 is 0. The van der Waals surface area contributed by atoms with E-state index in [4.69, 9.17) is 0 Å². The average molecular weight is 250 g/mol. The van der Waals surface area contributed by atoms with Crippen LogP contribution in [0.15, 0.2) is 83.6 Å². The van der Waals surface area contributed by atoms with Crippen molar-refractivity contribution in [1.29, 1.82) is 0 Å². The molecule has 19 heavy (non-hydrogen) atoms. The number of hydrogen-bond acceptors (Lipinski definition) is 0. The van der Waals surface area contributed by atoms with Gasteiger partial charge >= 0.3 is 0 Å². The molecule has 0 radical (unpaired) electrons. The van der Waals surface area contributed by atoms with Gasteiger partial charge in [0.2, 0.25) is 0 Å². The zero-order chi connectivity index (χ0) is 13.8. The maximum absolute atomic E-state index is 4.24. The quantitative estimate of drug-likeness (QED) is 0.591. The first-order valence-electron chi connectivity index (χ1n) is 6.93. The van der Waals surface area contributed by atoms with E-state index < -0.39 is 0 Å². The molecular weight excluding hydrogens is 228 g/mol. The minimum Gasteiger partial charge on any atom is -0.0946 e. The highest BCUT2D eigenvalue weighted by Gasteiger charge is 2.14. The fourth-order valence-corrected chi connectivity index (χ4v) is 2.42. The molecule has 0 heteroatoms. The molecule has 0 amide bonds. The van der Waals surface area contributed by atoms with Crippen LogP contribution in [-0.2, 0) is 0 Å². The molecule has 2 aliphatic rings. The zero-order valence-corrected chi connectivity index (χ0v) is 12.1. The molecule has 0 spiro atoms. The van der Waals surface area contributed by atoms with Crippen LogP contribution in [0.25, 0.3) is 0 Å². The van der Waals surface area contributed by atoms with Crippen LogP contribution >= 0.6 is 0 Å². The molecule has 0 N–H and O–H groups in total. The Hall–Kier alpha value is -1.82. The Labute approximate surface area is 116 Å². The van der Waals surface area contributed by atoms with Gasteiger partial charge in [0, 0.05) is 5.92 Å². The lowest BCUT2D eigenvalue weighted by Crippen LogP contribution is -2.05. The van der Waals surface area contributed by atoms with E-state index in [1.54, 1.807) is 0 Å². The van der Waals surface area contributed by atoms with Crippen molar-refractivity contribution < 1.29 is 0 Å². The Bertz CT molecular complexity index is 545. The summed E-state index contributed by atoms with van der Waals surface area (Å²) in [5.74, 6) is 0.819. The molecule has 0 saturated heterocycles. The Morgan fingerprint density at radius 2 is 1.79 bits per heavy atom. The van der Waals surface area contributed by atoms with Crippen molar-refractivity contribution in [2.75, 3.05) is 0 Å². The third-order valence-electron chi connectivity index (χ3n) is 3.88. The third kappa shape index (κ3) is 2.96. The van der Waals surface area contributed by atoms with Crippen LogP contribution in [0.3, 0.4) is 0 Å². The number of hydrogen-bond donors (Lipinski definition) is 0. The van der Waals surface area contributed by atoms with E-state index in [-0.39, 0.29) is 0 Å². The summed E-state index contributed by atoms with van der Waals surface area (Å²) in [6.07, 6.45) is 19.7. The van der Waals surface area contributed by atoms with Gasteiger partial charge < -0.3 is 0 Å². The van der Waals surface area contributed by atoms with Gasteiger partial charge in [-0.05, 0) is 35.1 Å². The molecule has 2 rings (SSSR count). The summed E-state index contributed by atoms with van der Waals surface area (Å²) in [7, 11) is 0. The summed E-state index contributed by atoms with van der Waals surface area (Å²) in [5, 5.41) is 0. The largest absolute Gasteiger partial charge is 0.0946 e. The minimum absolute atomic E-state index is 0.358. The van der Waals surface area contributed by atoms with Crippen molar-refractivity contribution >= 4 is 0 Å². The molecule has 0 nitrogen and oxygen atoms in total. The van der Waals surface area contributed by atoms with Gasteiger partial charge in [0.15, 0.2) is 0 Å². The van der Waals surface area contributed by atoms with Crippen molar-refractivity contribution in [3.63, 3.8) is 0 Å². The van der Waals surface area contributed by atoms with Gasteiger partial charge in [-0.1, -0.05) is 75.1 Å². The molecule has 2 bridgehead atoms. The molecule has 0 aromatic rings. The van der Waals surface area contributed by atoms with Gasteiger partial charge in [-0.15, -0.1) is 0 Å². The Morgan fingerprint density at radius 1 is 1.05 bits per heavy atom. The van der Waals surface area contributed by atoms with Crippen LogP contribution in [0, 0.1) is 11.8 Å². The van der Waals surface area contributed by atoms with Crippen molar-refractivity contribution in [3.8, 4) is 0 Å². The van der Waals surface area contributed by atoms with E-state index in [9.17, 15) is 0 Å². The molecule has 0 fully saturated rings. The van der Waals surface area contributed by atoms with Gasteiger partial charge in [-0.25, -0.2) is 0 Å². The van der Waals surface area contributed by atoms with E-state index >= 15 is 0 Å². The number of allylic oxidation sites excluding steroid dienone is 13. The van der Waals surface area contributed by atoms with Crippen molar-refractivity contribution in [3.05, 3.63) is 83.6 Å². The van der Waals surface area contributed by atoms with Gasteiger partial charge in [-0.2, -0.15) is 0 Å². The minimum atomic E-state index is 0.358. The Balaban J connectivity index is 2.52. The highest BCUT2D eigenvalue weighted by atomic mass is 14.2. The molecule has 2 atom stereocenters. The highest BCUT2D eigenvalue weighted by molar-refractivity contribution is 5.49. The van der Waals surface area contributed by atoms with Gasteiger partial charge in [0.25, 0.3) is 0 Å². The van der Waals surface area contributed by atoms with Crippen molar-refractivity contribution in [2.45, 2.75) is 20.8 Å². The standard InChI is InChI=1S/C19H22/c1-5-7-17-12-13-19-9-6-8-18(16(19)4)11-10-14(2)15(17)3/h5-14,16H,3H2,1-2,4H3/b7-5-,11-10-,17-12-,19-13-/t14-,16-/m1/s1. The van der Waals surface area contributed by atoms with Crippen LogP contribution in [-0.4, -0.2) is 0 Å². The number of rotatable bonds is 1. The van der Waals surface area contributed by atoms with E-state index in [0.717, 1.165) is 0 Å². The topological polar surface area (TPSA) is 0 Å². The van der Waals surface area contributed by atoms with E-state index in [0.29, 0.717) is 11.8 Å². The summed E-state index contributed by atoms with van der Waals surface area (Å²) in [4.78, 5) is 0. The molecule has 98 valence electrons. The third-order valence-corrected chi connectivity index (χ3v) is 3.88. The second-order valence-corrected chi connectivity index (χ2v) is 5.21. The number of fused-ring (bicyclic) bond motifs is 2. The molecule has 0 saturated carbocycles. The molecule has 2 aliphatic carbocycles. The van der Waals surface area contributed by atoms with Crippen LogP contribution in [0.5, 0.6) is 0 Å². The Kier molecular flexibility index (Phi) is 4.21. The lowest BCUT2D eigenvalue weighted by molar-refractivity contribution is 0.824. The summed E-state index contributed by atoms with van der Waals surface area (Å²) in [5.41, 5.74) is 5.11. The lowest BCUT2D eigenvalue weighted by atomic mass is 9.84. The molecule has 0 aliphatic heterocycles. The smallest absolute Gasteiger partial charge is 0.00608 e. The van der Waals surface area contributed by atoms with Crippen molar-refractivity contribution in [1.82, 2.24) is 0 Å². The SMILES string of the molecule is C=C1C(/C=C\C)=C\C=C2\C=CC=C(/C=C\[C@H]1C)[C@H]2C. The second kappa shape index (κ2) is 5.88. The predicted molar refractivity (Wildman–Crippen MR) is 84.8 cm³/mol. The normalized spacial score (nSPS) is 34.3. The first-order valence-corrected chi connectivity index (χ1v) is 6.93. The van der Waals surface area contributed by atoms with E-state index in [1.807, 2.05) is 6.92 Å². The van der Waals surface area contributed by atoms with Crippen LogP contribution in [0.4, 0.5) is 0 Å². The van der Waals surface area contributed by atoms with Crippen LogP contribution < -0.4 is 0 Å². The van der Waals surface area contributed by atoms with Gasteiger partial charge in [0.05, 0.1) is 0 Å². The van der Waals surface area contributed by atoms with Gasteiger partial charge in [-0.3, -0.25) is 0 Å². The summed E-state index contributed by atoms with van der Waals surface area (Å²) in [6, 6.07) is 0. The van der Waals surface area contributed by atoms with Crippen LogP contribution in [0.2, 0.25) is 0 Å². The molecular formula is C19H22. The second-order valence-electron chi connectivity index (χ2n) is 5.21. The molecule has 0 aromatic heterocycles. The lowest BCUT2D eigenvalue weighted by Gasteiger charge is -2.20. The summed E-state index contributed by atoms with van der Waals surface area (Å²) in [6.45, 7) is 10.8. The maximum Gasteiger partial charge on any atom is 0.00608 e. The average Bonchev–Trinajstić information content (AvgIpc) is 2.41. The van der Waals surface area contributed by atoms with Crippen molar-refractivity contribution in [2.24, 2.45) is 11.8 Å². The van der Waals surface area contributed by atoms with Gasteiger partial charge in [0.1, 0.15) is 0 Å². The van der Waals surface area contributed by atoms with E-state index in [2.05, 4.69) is 75.1 Å². The zero-order valence-electron chi connectivity index (χ0n) is 12.1. The predicted octanol–water partition coefficient (Wildman–Crippen LogP) is 5.31. The van der Waals surface area contributed by atoms with Crippen LogP contribution in [0.1, 0.15) is 20.8 Å². The Morgan fingerprint density at radius 3 is 2.53 bits per heavy atom. The molecule has 0 aromatic carbocycles. The fraction of sp³-hybridized carbons (Fsp3) is 0.263. The molecule has 0 heterocycles. The first kappa shape index (κ1) is 13.6. The highest BCUT2D eigenvalue weighted by Crippen LogP contribution is 2.30. The molecule has 0 unspecified atom stereocenters. The first-order chi connectivity index (χ1) is 9.13. The fourth-order valence-electron chi connectivity index (χ4n) is 2.42. The maximum atomic E-state index is 4.24. The monoisotopic (exact) mass is 250 g/mol. The summed E-state index contributed by atoms with van der Waals surface area (Å²) < 4.78 is 0.